The van der Waals surface area contributed by atoms with Crippen LogP contribution in [0.2, 0.25) is 0 Å². The number of likely N-dealkylation sites (tertiary alicyclic amines) is 1. The van der Waals surface area contributed by atoms with Crippen LogP contribution in [0, 0.1) is 6.92 Å². The lowest BCUT2D eigenvalue weighted by molar-refractivity contribution is 0.0545. The van der Waals surface area contributed by atoms with E-state index in [0.717, 1.165) is 24.1 Å². The Morgan fingerprint density at radius 3 is 2.30 bits per heavy atom. The molecule has 0 saturated carbocycles. The summed E-state index contributed by atoms with van der Waals surface area (Å²) in [6.07, 6.45) is 4.65. The molecular weight excluding hydrogens is 282 g/mol. The first-order chi connectivity index (χ1) is 11.2. The van der Waals surface area contributed by atoms with E-state index in [1.54, 1.807) is 0 Å². The van der Waals surface area contributed by atoms with Crippen molar-refractivity contribution >= 4 is 0 Å². The van der Waals surface area contributed by atoms with Crippen LogP contribution in [0.1, 0.15) is 42.4 Å². The van der Waals surface area contributed by atoms with E-state index in [0.29, 0.717) is 0 Å². The highest BCUT2D eigenvalue weighted by Crippen LogP contribution is 2.33. The lowest BCUT2D eigenvalue weighted by Gasteiger charge is -2.34. The van der Waals surface area contributed by atoms with Crippen molar-refractivity contribution in [2.24, 2.45) is 0 Å². The van der Waals surface area contributed by atoms with Gasteiger partial charge in [-0.2, -0.15) is 0 Å². The van der Waals surface area contributed by atoms with Crippen molar-refractivity contribution in [1.29, 1.82) is 0 Å². The van der Waals surface area contributed by atoms with Gasteiger partial charge in [-0.15, -0.1) is 0 Å². The van der Waals surface area contributed by atoms with Crippen LogP contribution >= 0.6 is 0 Å². The Balaban J connectivity index is 1.87. The number of aryl methyl sites for hydroxylation is 1. The minimum Gasteiger partial charge on any atom is -0.380 e. The number of aliphatic hydroxyl groups is 1. The maximum atomic E-state index is 11.6. The summed E-state index contributed by atoms with van der Waals surface area (Å²) in [5, 5.41) is 11.6. The predicted molar refractivity (Wildman–Crippen MR) is 95.5 cm³/mol. The zero-order valence-corrected chi connectivity index (χ0v) is 14.0. The van der Waals surface area contributed by atoms with Gasteiger partial charge in [0.1, 0.15) is 5.60 Å². The van der Waals surface area contributed by atoms with Crippen molar-refractivity contribution < 1.29 is 5.11 Å². The molecule has 0 radical (unpaired) electrons. The molecule has 0 amide bonds. The Kier molecular flexibility index (Phi) is 5.14. The van der Waals surface area contributed by atoms with Crippen molar-refractivity contribution in [2.45, 2.75) is 38.2 Å². The lowest BCUT2D eigenvalue weighted by atomic mass is 9.82. The Morgan fingerprint density at radius 2 is 1.61 bits per heavy atom. The molecule has 2 aromatic carbocycles. The predicted octanol–water partition coefficient (Wildman–Crippen LogP) is 4.11. The van der Waals surface area contributed by atoms with Crippen molar-refractivity contribution in [1.82, 2.24) is 4.90 Å². The van der Waals surface area contributed by atoms with Crippen molar-refractivity contribution in [3.8, 4) is 0 Å². The molecule has 1 saturated heterocycles. The van der Waals surface area contributed by atoms with Gasteiger partial charge in [-0.1, -0.05) is 66.6 Å². The largest absolute Gasteiger partial charge is 0.380 e. The van der Waals surface area contributed by atoms with Crippen LogP contribution in [-0.2, 0) is 5.60 Å². The standard InChI is InChI=1S/C21H27NO/c1-18-9-8-12-20(17-18)21(23,19-10-4-2-5-11-19)13-16-22-14-6-3-7-15-22/h2,4-5,8-12,17,23H,3,6-7,13-16H2,1H3. The van der Waals surface area contributed by atoms with E-state index in [2.05, 4.69) is 30.0 Å². The van der Waals surface area contributed by atoms with Crippen molar-refractivity contribution in [2.75, 3.05) is 19.6 Å². The molecule has 0 spiro atoms. The van der Waals surface area contributed by atoms with Gasteiger partial charge in [0.15, 0.2) is 0 Å². The van der Waals surface area contributed by atoms with E-state index < -0.39 is 5.60 Å². The van der Waals surface area contributed by atoms with Gasteiger partial charge in [0.25, 0.3) is 0 Å². The maximum absolute atomic E-state index is 11.6. The number of piperidine rings is 1. The average molecular weight is 309 g/mol. The normalized spacial score (nSPS) is 18.5. The van der Waals surface area contributed by atoms with E-state index >= 15 is 0 Å². The third-order valence-corrected chi connectivity index (χ3v) is 4.99. The summed E-state index contributed by atoms with van der Waals surface area (Å²) in [6, 6.07) is 18.4. The smallest absolute Gasteiger partial charge is 0.116 e. The second kappa shape index (κ2) is 7.29. The second-order valence-corrected chi connectivity index (χ2v) is 6.75. The van der Waals surface area contributed by atoms with Crippen LogP contribution in [0.4, 0.5) is 0 Å². The summed E-state index contributed by atoms with van der Waals surface area (Å²) < 4.78 is 0. The topological polar surface area (TPSA) is 23.5 Å². The molecule has 1 aliphatic heterocycles. The number of nitrogens with zero attached hydrogens (tertiary/aromatic N) is 1. The first kappa shape index (κ1) is 16.2. The fourth-order valence-electron chi connectivity index (χ4n) is 3.57. The van der Waals surface area contributed by atoms with Crippen LogP contribution in [-0.4, -0.2) is 29.6 Å². The molecule has 23 heavy (non-hydrogen) atoms. The molecule has 122 valence electrons. The molecule has 0 aromatic heterocycles. The summed E-state index contributed by atoms with van der Waals surface area (Å²) in [5.74, 6) is 0. The molecular formula is C21H27NO. The van der Waals surface area contributed by atoms with Gasteiger partial charge < -0.3 is 10.0 Å². The van der Waals surface area contributed by atoms with Crippen LogP contribution in [0.15, 0.2) is 54.6 Å². The molecule has 0 aliphatic carbocycles. The van der Waals surface area contributed by atoms with Crippen LogP contribution in [0.5, 0.6) is 0 Å². The summed E-state index contributed by atoms with van der Waals surface area (Å²) in [7, 11) is 0. The highest BCUT2D eigenvalue weighted by atomic mass is 16.3. The molecule has 2 aromatic rings. The monoisotopic (exact) mass is 309 g/mol. The Bertz CT molecular complexity index is 619. The molecule has 1 unspecified atom stereocenters. The lowest BCUT2D eigenvalue weighted by Crippen LogP contribution is -2.36. The molecule has 3 rings (SSSR count). The van der Waals surface area contributed by atoms with Gasteiger partial charge in [-0.05, 0) is 50.4 Å². The zero-order chi connectivity index (χ0) is 16.1. The summed E-state index contributed by atoms with van der Waals surface area (Å²) in [5.41, 5.74) is 2.27. The van der Waals surface area contributed by atoms with E-state index in [1.807, 2.05) is 36.4 Å². The molecule has 0 bridgehead atoms. The van der Waals surface area contributed by atoms with Crippen LogP contribution < -0.4 is 0 Å². The Labute approximate surface area is 139 Å². The SMILES string of the molecule is Cc1cccc(C(O)(CCN2CCCCC2)c2ccccc2)c1. The minimum absolute atomic E-state index is 0.737. The van der Waals surface area contributed by atoms with Gasteiger partial charge in [-0.3, -0.25) is 0 Å². The Hall–Kier alpha value is -1.64. The third kappa shape index (κ3) is 3.82. The van der Waals surface area contributed by atoms with Gasteiger partial charge in [0, 0.05) is 6.54 Å². The van der Waals surface area contributed by atoms with Crippen molar-refractivity contribution in [3.05, 3.63) is 71.3 Å². The summed E-state index contributed by atoms with van der Waals surface area (Å²) in [6.45, 7) is 5.36. The third-order valence-electron chi connectivity index (χ3n) is 4.99. The molecule has 2 nitrogen and oxygen atoms in total. The van der Waals surface area contributed by atoms with Crippen molar-refractivity contribution in [3.63, 3.8) is 0 Å². The average Bonchev–Trinajstić information content (AvgIpc) is 2.61. The molecule has 1 atom stereocenters. The highest BCUT2D eigenvalue weighted by Gasteiger charge is 2.32. The number of hydrogen-bond acceptors (Lipinski definition) is 2. The van der Waals surface area contributed by atoms with E-state index in [1.165, 1.54) is 37.9 Å². The second-order valence-electron chi connectivity index (χ2n) is 6.75. The fraction of sp³-hybridized carbons (Fsp3) is 0.429. The van der Waals surface area contributed by atoms with E-state index in [9.17, 15) is 5.11 Å². The van der Waals surface area contributed by atoms with Gasteiger partial charge in [0.05, 0.1) is 0 Å². The maximum Gasteiger partial charge on any atom is 0.116 e. The zero-order valence-electron chi connectivity index (χ0n) is 14.0. The Morgan fingerprint density at radius 1 is 0.913 bits per heavy atom. The van der Waals surface area contributed by atoms with Crippen LogP contribution in [0.3, 0.4) is 0 Å². The molecule has 2 heteroatoms. The molecule has 1 fully saturated rings. The quantitative estimate of drug-likeness (QED) is 0.898. The summed E-state index contributed by atoms with van der Waals surface area (Å²) >= 11 is 0. The van der Waals surface area contributed by atoms with Gasteiger partial charge in [0.2, 0.25) is 0 Å². The number of benzene rings is 2. The minimum atomic E-state index is -0.912. The first-order valence-corrected chi connectivity index (χ1v) is 8.76. The first-order valence-electron chi connectivity index (χ1n) is 8.76. The van der Waals surface area contributed by atoms with Gasteiger partial charge in [-0.25, -0.2) is 0 Å². The van der Waals surface area contributed by atoms with E-state index in [-0.39, 0.29) is 0 Å². The highest BCUT2D eigenvalue weighted by molar-refractivity contribution is 5.37. The number of hydrogen-bond donors (Lipinski definition) is 1. The van der Waals surface area contributed by atoms with Crippen LogP contribution in [0.25, 0.3) is 0 Å². The fourth-order valence-corrected chi connectivity index (χ4v) is 3.57. The summed E-state index contributed by atoms with van der Waals surface area (Å²) in [4.78, 5) is 2.49. The van der Waals surface area contributed by atoms with Gasteiger partial charge >= 0.3 is 0 Å². The molecule has 1 N–H and O–H groups in total. The van der Waals surface area contributed by atoms with E-state index in [4.69, 9.17) is 0 Å². The molecule has 1 aliphatic rings. The molecule has 1 heterocycles. The number of rotatable bonds is 5.